The van der Waals surface area contributed by atoms with Crippen molar-refractivity contribution in [2.24, 2.45) is 4.99 Å². The molecule has 2 aromatic carbocycles. The smallest absolute Gasteiger partial charge is 0.319 e. The number of aryl methyl sites for hydroxylation is 1. The lowest BCUT2D eigenvalue weighted by Gasteiger charge is -2.27. The number of hydrogen-bond donors (Lipinski definition) is 0. The van der Waals surface area contributed by atoms with Crippen molar-refractivity contribution in [2.45, 2.75) is 38.6 Å². The Bertz CT molecular complexity index is 786. The molecule has 1 aliphatic carbocycles. The van der Waals surface area contributed by atoms with E-state index in [4.69, 9.17) is 21.3 Å². The van der Waals surface area contributed by atoms with Crippen LogP contribution in [0, 0.1) is 0 Å². The van der Waals surface area contributed by atoms with Crippen LogP contribution in [0.5, 0.6) is 0 Å². The molecule has 0 spiro atoms. The van der Waals surface area contributed by atoms with E-state index in [1.807, 2.05) is 43.3 Å². The van der Waals surface area contributed by atoms with Crippen LogP contribution < -0.4 is 0 Å². The minimum absolute atomic E-state index is 0.00183. The molecule has 3 nitrogen and oxygen atoms in total. The summed E-state index contributed by atoms with van der Waals surface area (Å²) in [7, 11) is 0. The first kappa shape index (κ1) is 17.7. The molecule has 0 N–H and O–H groups in total. The number of carbonyl (C=O) groups excluding carboxylic acids is 1. The Labute approximate surface area is 153 Å². The molecule has 0 fully saturated rings. The van der Waals surface area contributed by atoms with Gasteiger partial charge in [-0.3, -0.25) is 9.79 Å². The number of halogens is 1. The number of nitrogens with zero attached hydrogens (tertiary/aromatic N) is 1. The fourth-order valence-electron chi connectivity index (χ4n) is 3.34. The van der Waals surface area contributed by atoms with Crippen LogP contribution in [-0.4, -0.2) is 18.3 Å². The van der Waals surface area contributed by atoms with Gasteiger partial charge in [-0.25, -0.2) is 0 Å². The van der Waals surface area contributed by atoms with Crippen LogP contribution >= 0.6 is 11.6 Å². The number of rotatable bonds is 4. The third kappa shape index (κ3) is 3.93. The van der Waals surface area contributed by atoms with Gasteiger partial charge in [-0.05, 0) is 55.5 Å². The van der Waals surface area contributed by atoms with Gasteiger partial charge in [-0.15, -0.1) is 0 Å². The molecule has 1 aliphatic rings. The molecule has 0 saturated heterocycles. The molecule has 0 saturated carbocycles. The predicted octanol–water partition coefficient (Wildman–Crippen LogP) is 5.14. The average Bonchev–Trinajstić information content (AvgIpc) is 2.62. The Hall–Kier alpha value is -2.13. The first-order valence-corrected chi connectivity index (χ1v) is 9.04. The number of benzene rings is 2. The van der Waals surface area contributed by atoms with E-state index in [-0.39, 0.29) is 12.0 Å². The molecule has 25 heavy (non-hydrogen) atoms. The molecule has 0 aliphatic heterocycles. The Morgan fingerprint density at radius 2 is 2.00 bits per heavy atom. The van der Waals surface area contributed by atoms with Crippen molar-refractivity contribution in [1.29, 1.82) is 0 Å². The summed E-state index contributed by atoms with van der Waals surface area (Å²) in [5.74, 6) is -0.670. The lowest BCUT2D eigenvalue weighted by molar-refractivity contribution is -0.143. The van der Waals surface area contributed by atoms with Crippen molar-refractivity contribution in [3.63, 3.8) is 0 Å². The van der Waals surface area contributed by atoms with Gasteiger partial charge < -0.3 is 4.74 Å². The first-order chi connectivity index (χ1) is 12.1. The van der Waals surface area contributed by atoms with Crippen LogP contribution in [-0.2, 0) is 16.0 Å². The van der Waals surface area contributed by atoms with Crippen LogP contribution in [0.25, 0.3) is 0 Å². The lowest BCUT2D eigenvalue weighted by atomic mass is 9.81. The van der Waals surface area contributed by atoms with Gasteiger partial charge in [0.1, 0.15) is 5.92 Å². The highest BCUT2D eigenvalue weighted by atomic mass is 35.5. The summed E-state index contributed by atoms with van der Waals surface area (Å²) in [5.41, 5.74) is 4.11. The van der Waals surface area contributed by atoms with Gasteiger partial charge >= 0.3 is 5.97 Å². The maximum absolute atomic E-state index is 12.6. The molecule has 2 atom stereocenters. The van der Waals surface area contributed by atoms with Crippen LogP contribution in [0.3, 0.4) is 0 Å². The number of fused-ring (bicyclic) bond motifs is 1. The van der Waals surface area contributed by atoms with Gasteiger partial charge in [0.25, 0.3) is 0 Å². The van der Waals surface area contributed by atoms with Crippen molar-refractivity contribution in [2.75, 3.05) is 6.61 Å². The van der Waals surface area contributed by atoms with Crippen molar-refractivity contribution < 1.29 is 9.53 Å². The Morgan fingerprint density at radius 1 is 1.24 bits per heavy atom. The Kier molecular flexibility index (Phi) is 5.54. The first-order valence-electron chi connectivity index (χ1n) is 8.66. The van der Waals surface area contributed by atoms with Crippen LogP contribution in [0.1, 0.15) is 48.9 Å². The molecule has 0 amide bonds. The van der Waals surface area contributed by atoms with Crippen molar-refractivity contribution in [1.82, 2.24) is 0 Å². The predicted molar refractivity (Wildman–Crippen MR) is 101 cm³/mol. The van der Waals surface area contributed by atoms with Crippen molar-refractivity contribution in [3.8, 4) is 0 Å². The molecule has 3 rings (SSSR count). The standard InChI is InChI=1S/C21H22ClNO2/c1-3-25-21(24)20-18-11-10-17(22)13-16(18)9-12-19(20)23-14(2)15-7-5-4-6-8-15/h4-8,10-11,13-14,20H,3,9,12H2,1-2H3. The molecule has 0 aromatic heterocycles. The topological polar surface area (TPSA) is 38.7 Å². The van der Waals surface area contributed by atoms with Crippen LogP contribution in [0.15, 0.2) is 53.5 Å². The molecular formula is C21H22ClNO2. The third-order valence-corrected chi connectivity index (χ3v) is 4.80. The zero-order valence-corrected chi connectivity index (χ0v) is 15.3. The molecule has 0 bridgehead atoms. The Balaban J connectivity index is 1.99. The zero-order valence-electron chi connectivity index (χ0n) is 14.5. The van der Waals surface area contributed by atoms with Gasteiger partial charge in [0.2, 0.25) is 0 Å². The van der Waals surface area contributed by atoms with Gasteiger partial charge in [0.15, 0.2) is 0 Å². The fraction of sp³-hybridized carbons (Fsp3) is 0.333. The highest BCUT2D eigenvalue weighted by Crippen LogP contribution is 2.34. The summed E-state index contributed by atoms with van der Waals surface area (Å²) in [6, 6.07) is 15.8. The second-order valence-electron chi connectivity index (χ2n) is 6.24. The minimum Gasteiger partial charge on any atom is -0.465 e. The van der Waals surface area contributed by atoms with Gasteiger partial charge in [0, 0.05) is 10.7 Å². The average molecular weight is 356 g/mol. The highest BCUT2D eigenvalue weighted by molar-refractivity contribution is 6.30. The van der Waals surface area contributed by atoms with E-state index in [1.54, 1.807) is 0 Å². The third-order valence-electron chi connectivity index (χ3n) is 4.56. The number of hydrogen-bond acceptors (Lipinski definition) is 3. The number of ether oxygens (including phenoxy) is 1. The summed E-state index contributed by atoms with van der Waals surface area (Å²) in [5, 5.41) is 0.694. The number of esters is 1. The highest BCUT2D eigenvalue weighted by Gasteiger charge is 2.33. The molecular weight excluding hydrogens is 334 g/mol. The molecule has 4 heteroatoms. The zero-order chi connectivity index (χ0) is 17.8. The molecule has 2 unspecified atom stereocenters. The van der Waals surface area contributed by atoms with E-state index in [9.17, 15) is 4.79 Å². The maximum Gasteiger partial charge on any atom is 0.319 e. The second-order valence-corrected chi connectivity index (χ2v) is 6.67. The van der Waals surface area contributed by atoms with E-state index in [0.29, 0.717) is 11.6 Å². The van der Waals surface area contributed by atoms with E-state index >= 15 is 0 Å². The molecule has 0 radical (unpaired) electrons. The van der Waals surface area contributed by atoms with E-state index in [1.165, 1.54) is 0 Å². The fourth-order valence-corrected chi connectivity index (χ4v) is 3.54. The quantitative estimate of drug-likeness (QED) is 0.712. The minimum atomic E-state index is -0.438. The SMILES string of the molecule is CCOC(=O)C1C(=NC(C)c2ccccc2)CCc2cc(Cl)ccc21. The summed E-state index contributed by atoms with van der Waals surface area (Å²) >= 11 is 6.12. The van der Waals surface area contributed by atoms with Crippen molar-refractivity contribution in [3.05, 3.63) is 70.2 Å². The van der Waals surface area contributed by atoms with Crippen LogP contribution in [0.4, 0.5) is 0 Å². The maximum atomic E-state index is 12.6. The molecule has 130 valence electrons. The summed E-state index contributed by atoms with van der Waals surface area (Å²) < 4.78 is 5.33. The normalized spacial score (nSPS) is 19.3. The van der Waals surface area contributed by atoms with Crippen molar-refractivity contribution >= 4 is 23.3 Å². The van der Waals surface area contributed by atoms with Gasteiger partial charge in [-0.1, -0.05) is 48.0 Å². The van der Waals surface area contributed by atoms with E-state index in [2.05, 4.69) is 19.1 Å². The summed E-state index contributed by atoms with van der Waals surface area (Å²) in [6.45, 7) is 4.24. The number of carbonyl (C=O) groups is 1. The lowest BCUT2D eigenvalue weighted by Crippen LogP contribution is -2.29. The molecule has 0 heterocycles. The summed E-state index contributed by atoms with van der Waals surface area (Å²) in [6.07, 6.45) is 1.58. The van der Waals surface area contributed by atoms with Gasteiger partial charge in [-0.2, -0.15) is 0 Å². The largest absolute Gasteiger partial charge is 0.465 e. The summed E-state index contributed by atoms with van der Waals surface area (Å²) in [4.78, 5) is 17.5. The van der Waals surface area contributed by atoms with Gasteiger partial charge in [0.05, 0.1) is 12.6 Å². The Morgan fingerprint density at radius 3 is 2.72 bits per heavy atom. The number of aliphatic imine (C=N–C) groups is 1. The van der Waals surface area contributed by atoms with E-state index < -0.39 is 5.92 Å². The van der Waals surface area contributed by atoms with E-state index in [0.717, 1.165) is 35.2 Å². The monoisotopic (exact) mass is 355 g/mol. The molecule has 2 aromatic rings. The second kappa shape index (κ2) is 7.83. The van der Waals surface area contributed by atoms with Crippen LogP contribution in [0.2, 0.25) is 5.02 Å².